The van der Waals surface area contributed by atoms with Gasteiger partial charge in [-0.2, -0.15) is 0 Å². The van der Waals surface area contributed by atoms with E-state index in [1.807, 2.05) is 18.2 Å². The SMILES string of the molecule is CC(C)N(C(=S)NC[C@@H]1CCCO1)c1ccccc1. The summed E-state index contributed by atoms with van der Waals surface area (Å²) in [6.45, 7) is 5.97. The third-order valence-electron chi connectivity index (χ3n) is 3.27. The number of anilines is 1. The quantitative estimate of drug-likeness (QED) is 0.856. The molecule has 1 heterocycles. The van der Waals surface area contributed by atoms with E-state index < -0.39 is 0 Å². The van der Waals surface area contributed by atoms with Crippen LogP contribution in [0.1, 0.15) is 26.7 Å². The first-order valence-corrected chi connectivity index (χ1v) is 7.33. The fraction of sp³-hybridized carbons (Fsp3) is 0.533. The molecule has 1 aliphatic rings. The molecule has 1 aromatic carbocycles. The molecule has 0 radical (unpaired) electrons. The smallest absolute Gasteiger partial charge is 0.173 e. The van der Waals surface area contributed by atoms with Gasteiger partial charge in [-0.15, -0.1) is 0 Å². The van der Waals surface area contributed by atoms with Crippen LogP contribution in [0.15, 0.2) is 30.3 Å². The molecule has 1 atom stereocenters. The van der Waals surface area contributed by atoms with Gasteiger partial charge in [0.15, 0.2) is 5.11 Å². The Balaban J connectivity index is 1.96. The molecule has 4 heteroatoms. The largest absolute Gasteiger partial charge is 0.376 e. The molecule has 0 bridgehead atoms. The maximum Gasteiger partial charge on any atom is 0.173 e. The van der Waals surface area contributed by atoms with Crippen LogP contribution in [0.2, 0.25) is 0 Å². The van der Waals surface area contributed by atoms with Crippen molar-refractivity contribution in [3.05, 3.63) is 30.3 Å². The van der Waals surface area contributed by atoms with Crippen molar-refractivity contribution in [2.45, 2.75) is 38.8 Å². The van der Waals surface area contributed by atoms with E-state index in [1.54, 1.807) is 0 Å². The van der Waals surface area contributed by atoms with Gasteiger partial charge in [0, 0.05) is 24.9 Å². The Morgan fingerprint density at radius 3 is 2.74 bits per heavy atom. The number of nitrogens with zero attached hydrogens (tertiary/aromatic N) is 1. The fourth-order valence-electron chi connectivity index (χ4n) is 2.33. The second-order valence-electron chi connectivity index (χ2n) is 5.12. The first-order chi connectivity index (χ1) is 9.18. The van der Waals surface area contributed by atoms with Crippen LogP contribution < -0.4 is 10.2 Å². The van der Waals surface area contributed by atoms with Crippen molar-refractivity contribution in [3.63, 3.8) is 0 Å². The van der Waals surface area contributed by atoms with Crippen molar-refractivity contribution in [1.82, 2.24) is 5.32 Å². The van der Waals surface area contributed by atoms with E-state index in [4.69, 9.17) is 17.0 Å². The highest BCUT2D eigenvalue weighted by Gasteiger charge is 2.19. The van der Waals surface area contributed by atoms with Gasteiger partial charge in [0.2, 0.25) is 0 Å². The molecule has 3 nitrogen and oxygen atoms in total. The molecule has 104 valence electrons. The summed E-state index contributed by atoms with van der Waals surface area (Å²) < 4.78 is 5.61. The Morgan fingerprint density at radius 1 is 1.42 bits per heavy atom. The molecule has 1 fully saturated rings. The highest BCUT2D eigenvalue weighted by Crippen LogP contribution is 2.17. The molecule has 2 rings (SSSR count). The summed E-state index contributed by atoms with van der Waals surface area (Å²) in [5.74, 6) is 0. The number of para-hydroxylation sites is 1. The van der Waals surface area contributed by atoms with E-state index in [0.29, 0.717) is 12.1 Å². The van der Waals surface area contributed by atoms with Gasteiger partial charge in [0.05, 0.1) is 6.10 Å². The third kappa shape index (κ3) is 3.91. The molecule has 1 saturated heterocycles. The lowest BCUT2D eigenvalue weighted by Gasteiger charge is -2.30. The molecule has 0 unspecified atom stereocenters. The number of hydrogen-bond acceptors (Lipinski definition) is 2. The Bertz CT molecular complexity index is 402. The Labute approximate surface area is 120 Å². The van der Waals surface area contributed by atoms with E-state index in [1.165, 1.54) is 0 Å². The second kappa shape index (κ2) is 6.87. The Kier molecular flexibility index (Phi) is 5.16. The summed E-state index contributed by atoms with van der Waals surface area (Å²) in [7, 11) is 0. The molecule has 1 aromatic rings. The van der Waals surface area contributed by atoms with Crippen molar-refractivity contribution in [3.8, 4) is 0 Å². The van der Waals surface area contributed by atoms with Gasteiger partial charge in [-0.05, 0) is 51.0 Å². The second-order valence-corrected chi connectivity index (χ2v) is 5.51. The van der Waals surface area contributed by atoms with Crippen LogP contribution in [0.3, 0.4) is 0 Å². The summed E-state index contributed by atoms with van der Waals surface area (Å²) >= 11 is 5.53. The highest BCUT2D eigenvalue weighted by atomic mass is 32.1. The van der Waals surface area contributed by atoms with E-state index in [9.17, 15) is 0 Å². The summed E-state index contributed by atoms with van der Waals surface area (Å²) in [6, 6.07) is 10.6. The fourth-order valence-corrected chi connectivity index (χ4v) is 2.73. The molecular weight excluding hydrogens is 256 g/mol. The summed E-state index contributed by atoms with van der Waals surface area (Å²) in [6.07, 6.45) is 2.59. The zero-order chi connectivity index (χ0) is 13.7. The van der Waals surface area contributed by atoms with E-state index in [-0.39, 0.29) is 0 Å². The van der Waals surface area contributed by atoms with Crippen molar-refractivity contribution < 1.29 is 4.74 Å². The van der Waals surface area contributed by atoms with Gasteiger partial charge in [-0.3, -0.25) is 0 Å². The zero-order valence-electron chi connectivity index (χ0n) is 11.6. The van der Waals surface area contributed by atoms with Crippen LogP contribution in [0.5, 0.6) is 0 Å². The van der Waals surface area contributed by atoms with Crippen LogP contribution in [-0.4, -0.2) is 30.4 Å². The summed E-state index contributed by atoms with van der Waals surface area (Å²) in [5.41, 5.74) is 1.13. The van der Waals surface area contributed by atoms with Crippen molar-refractivity contribution in [2.24, 2.45) is 0 Å². The van der Waals surface area contributed by atoms with Gasteiger partial charge in [0.1, 0.15) is 0 Å². The van der Waals surface area contributed by atoms with Crippen molar-refractivity contribution in [2.75, 3.05) is 18.1 Å². The monoisotopic (exact) mass is 278 g/mol. The summed E-state index contributed by atoms with van der Waals surface area (Å²) in [4.78, 5) is 2.14. The van der Waals surface area contributed by atoms with Crippen LogP contribution in [0.4, 0.5) is 5.69 Å². The van der Waals surface area contributed by atoms with Gasteiger partial charge in [0.25, 0.3) is 0 Å². The highest BCUT2D eigenvalue weighted by molar-refractivity contribution is 7.80. The van der Waals surface area contributed by atoms with Crippen LogP contribution in [0.25, 0.3) is 0 Å². The molecule has 0 spiro atoms. The minimum absolute atomic E-state index is 0.308. The molecule has 0 aliphatic carbocycles. The predicted molar refractivity (Wildman–Crippen MR) is 83.6 cm³/mol. The number of benzene rings is 1. The zero-order valence-corrected chi connectivity index (χ0v) is 12.5. The van der Waals surface area contributed by atoms with Gasteiger partial charge >= 0.3 is 0 Å². The number of ether oxygens (including phenoxy) is 1. The first kappa shape index (κ1) is 14.3. The van der Waals surface area contributed by atoms with Crippen molar-refractivity contribution in [1.29, 1.82) is 0 Å². The number of thiocarbonyl (C=S) groups is 1. The first-order valence-electron chi connectivity index (χ1n) is 6.92. The minimum Gasteiger partial charge on any atom is -0.376 e. The average molecular weight is 278 g/mol. The van der Waals surface area contributed by atoms with Crippen LogP contribution in [-0.2, 0) is 4.74 Å². The molecule has 0 saturated carbocycles. The third-order valence-corrected chi connectivity index (χ3v) is 3.62. The number of hydrogen-bond donors (Lipinski definition) is 1. The number of rotatable bonds is 4. The summed E-state index contributed by atoms with van der Waals surface area (Å²) in [5, 5.41) is 4.11. The average Bonchev–Trinajstić information content (AvgIpc) is 2.90. The van der Waals surface area contributed by atoms with Gasteiger partial charge < -0.3 is 15.0 Å². The molecule has 1 aliphatic heterocycles. The van der Waals surface area contributed by atoms with E-state index in [2.05, 4.69) is 36.2 Å². The molecule has 0 aromatic heterocycles. The maximum atomic E-state index is 5.61. The lowest BCUT2D eigenvalue weighted by Crippen LogP contribution is -2.46. The number of nitrogens with one attached hydrogen (secondary N) is 1. The standard InChI is InChI=1S/C15H22N2OS/c1-12(2)17(13-7-4-3-5-8-13)15(19)16-11-14-9-6-10-18-14/h3-5,7-8,12,14H,6,9-11H2,1-2H3,(H,16,19)/t14-/m0/s1. The molecule has 19 heavy (non-hydrogen) atoms. The molecule has 0 amide bonds. The maximum absolute atomic E-state index is 5.61. The van der Waals surface area contributed by atoms with E-state index in [0.717, 1.165) is 36.8 Å². The minimum atomic E-state index is 0.308. The Morgan fingerprint density at radius 2 is 2.16 bits per heavy atom. The Hall–Kier alpha value is -1.13. The normalized spacial score (nSPS) is 18.6. The molecule has 1 N–H and O–H groups in total. The lowest BCUT2D eigenvalue weighted by molar-refractivity contribution is 0.114. The van der Waals surface area contributed by atoms with E-state index >= 15 is 0 Å². The van der Waals surface area contributed by atoms with Gasteiger partial charge in [-0.1, -0.05) is 18.2 Å². The van der Waals surface area contributed by atoms with Crippen molar-refractivity contribution >= 4 is 23.0 Å². The lowest BCUT2D eigenvalue weighted by atomic mass is 10.2. The van der Waals surface area contributed by atoms with Crippen LogP contribution >= 0.6 is 12.2 Å². The predicted octanol–water partition coefficient (Wildman–Crippen LogP) is 2.95. The van der Waals surface area contributed by atoms with Gasteiger partial charge in [-0.25, -0.2) is 0 Å². The van der Waals surface area contributed by atoms with Crippen LogP contribution in [0, 0.1) is 0 Å². The molecular formula is C15H22N2OS. The topological polar surface area (TPSA) is 24.5 Å².